The standard InChI is InChI=1S/C9H12N4O/c1-7(14)8-4-2-3-5-9(8)13(11)12-6-10/h2-6H,11H2,1H3,(H2,10,12). The number of hydrogen-bond donors (Lipinski definition) is 2. The molecule has 5 heteroatoms. The van der Waals surface area contributed by atoms with Gasteiger partial charge in [-0.15, -0.1) is 5.10 Å². The molecule has 0 aliphatic carbocycles. The van der Waals surface area contributed by atoms with Crippen molar-refractivity contribution in [2.24, 2.45) is 16.7 Å². The van der Waals surface area contributed by atoms with Crippen molar-refractivity contribution in [2.45, 2.75) is 6.92 Å². The molecule has 0 aliphatic heterocycles. The van der Waals surface area contributed by atoms with Crippen LogP contribution in [0.2, 0.25) is 0 Å². The lowest BCUT2D eigenvalue weighted by Gasteiger charge is -2.14. The number of hydrazine groups is 1. The molecule has 0 heterocycles. The smallest absolute Gasteiger partial charge is 0.162 e. The van der Waals surface area contributed by atoms with Gasteiger partial charge in [-0.1, -0.05) is 12.1 Å². The average molecular weight is 192 g/mol. The topological polar surface area (TPSA) is 84.7 Å². The van der Waals surface area contributed by atoms with Gasteiger partial charge >= 0.3 is 0 Å². The molecule has 0 amide bonds. The van der Waals surface area contributed by atoms with Crippen LogP contribution in [-0.2, 0) is 0 Å². The van der Waals surface area contributed by atoms with Crippen molar-refractivity contribution in [3.8, 4) is 0 Å². The van der Waals surface area contributed by atoms with E-state index < -0.39 is 0 Å². The molecular formula is C9H12N4O. The first-order valence-corrected chi connectivity index (χ1v) is 4.05. The number of para-hydroxylation sites is 1. The van der Waals surface area contributed by atoms with Gasteiger partial charge in [0.05, 0.1) is 5.69 Å². The van der Waals surface area contributed by atoms with Crippen LogP contribution in [0.4, 0.5) is 5.69 Å². The van der Waals surface area contributed by atoms with Crippen molar-refractivity contribution in [3.63, 3.8) is 0 Å². The second-order valence-corrected chi connectivity index (χ2v) is 2.68. The molecule has 5 nitrogen and oxygen atoms in total. The number of nitrogens with zero attached hydrogens (tertiary/aromatic N) is 2. The Hall–Kier alpha value is -1.88. The van der Waals surface area contributed by atoms with E-state index in [1.54, 1.807) is 24.3 Å². The quantitative estimate of drug-likeness (QED) is 0.240. The van der Waals surface area contributed by atoms with Gasteiger partial charge in [0, 0.05) is 5.56 Å². The van der Waals surface area contributed by atoms with E-state index in [9.17, 15) is 4.79 Å². The molecule has 0 spiro atoms. The Morgan fingerprint density at radius 1 is 1.50 bits per heavy atom. The van der Waals surface area contributed by atoms with Gasteiger partial charge in [-0.05, 0) is 19.1 Å². The highest BCUT2D eigenvalue weighted by Crippen LogP contribution is 2.18. The number of hydrazone groups is 1. The second-order valence-electron chi connectivity index (χ2n) is 2.68. The molecule has 0 atom stereocenters. The molecule has 0 unspecified atom stereocenters. The number of ketones is 1. The molecule has 0 saturated heterocycles. The Bertz CT molecular complexity index is 362. The number of benzene rings is 1. The molecule has 1 aromatic rings. The number of rotatable bonds is 3. The monoisotopic (exact) mass is 192 g/mol. The van der Waals surface area contributed by atoms with Crippen molar-refractivity contribution >= 4 is 17.8 Å². The third kappa shape index (κ3) is 2.08. The minimum atomic E-state index is -0.0664. The molecule has 1 aromatic carbocycles. The molecule has 1 rings (SSSR count). The van der Waals surface area contributed by atoms with Crippen molar-refractivity contribution < 1.29 is 4.79 Å². The number of hydrogen-bond acceptors (Lipinski definition) is 4. The number of anilines is 1. The molecule has 74 valence electrons. The maximum atomic E-state index is 11.2. The fourth-order valence-corrected chi connectivity index (χ4v) is 1.11. The van der Waals surface area contributed by atoms with E-state index in [0.717, 1.165) is 11.5 Å². The lowest BCUT2D eigenvalue weighted by molar-refractivity contribution is 0.101. The minimum Gasteiger partial charge on any atom is -0.388 e. The first-order chi connectivity index (χ1) is 6.66. The fourth-order valence-electron chi connectivity index (χ4n) is 1.11. The van der Waals surface area contributed by atoms with Crippen LogP contribution in [0.25, 0.3) is 0 Å². The summed E-state index contributed by atoms with van der Waals surface area (Å²) in [5, 5.41) is 4.72. The fraction of sp³-hybridized carbons (Fsp3) is 0.111. The van der Waals surface area contributed by atoms with Gasteiger partial charge in [0.25, 0.3) is 0 Å². The summed E-state index contributed by atoms with van der Waals surface area (Å²) in [5.41, 5.74) is 6.14. The van der Waals surface area contributed by atoms with Crippen LogP contribution < -0.4 is 16.7 Å². The Labute approximate surface area is 82.0 Å². The molecule has 14 heavy (non-hydrogen) atoms. The van der Waals surface area contributed by atoms with E-state index in [1.807, 2.05) is 0 Å². The van der Waals surface area contributed by atoms with Crippen LogP contribution in [-0.4, -0.2) is 12.1 Å². The lowest BCUT2D eigenvalue weighted by atomic mass is 10.1. The van der Waals surface area contributed by atoms with Gasteiger partial charge in [0.15, 0.2) is 5.78 Å². The van der Waals surface area contributed by atoms with Gasteiger partial charge in [-0.3, -0.25) is 4.79 Å². The highest BCUT2D eigenvalue weighted by Gasteiger charge is 2.09. The summed E-state index contributed by atoms with van der Waals surface area (Å²) in [6.45, 7) is 1.47. The first kappa shape index (κ1) is 10.2. The lowest BCUT2D eigenvalue weighted by Crippen LogP contribution is -2.27. The van der Waals surface area contributed by atoms with E-state index >= 15 is 0 Å². The molecule has 0 saturated carbocycles. The average Bonchev–Trinajstić information content (AvgIpc) is 2.18. The van der Waals surface area contributed by atoms with Crippen LogP contribution in [0.15, 0.2) is 29.4 Å². The maximum absolute atomic E-state index is 11.2. The Morgan fingerprint density at radius 2 is 2.14 bits per heavy atom. The van der Waals surface area contributed by atoms with Crippen LogP contribution in [0.5, 0.6) is 0 Å². The van der Waals surface area contributed by atoms with Gasteiger partial charge in [-0.2, -0.15) is 5.12 Å². The van der Waals surface area contributed by atoms with Crippen molar-refractivity contribution in [3.05, 3.63) is 29.8 Å². The Balaban J connectivity index is 3.12. The normalized spacial score (nSPS) is 10.4. The SMILES string of the molecule is CC(=O)c1ccccc1N(N)/N=C\N. The van der Waals surface area contributed by atoms with E-state index in [1.165, 1.54) is 6.92 Å². The highest BCUT2D eigenvalue weighted by molar-refractivity contribution is 5.99. The Kier molecular flexibility index (Phi) is 3.19. The van der Waals surface area contributed by atoms with E-state index in [0.29, 0.717) is 11.3 Å². The van der Waals surface area contributed by atoms with Crippen molar-refractivity contribution in [2.75, 3.05) is 5.12 Å². The number of carbonyl (C=O) groups excluding carboxylic acids is 1. The number of carbonyl (C=O) groups is 1. The summed E-state index contributed by atoms with van der Waals surface area (Å²) in [4.78, 5) is 11.2. The summed E-state index contributed by atoms with van der Waals surface area (Å²) in [7, 11) is 0. The molecule has 0 bridgehead atoms. The van der Waals surface area contributed by atoms with E-state index in [-0.39, 0.29) is 5.78 Å². The van der Waals surface area contributed by atoms with E-state index in [4.69, 9.17) is 11.6 Å². The van der Waals surface area contributed by atoms with Gasteiger partial charge < -0.3 is 5.73 Å². The van der Waals surface area contributed by atoms with Crippen LogP contribution >= 0.6 is 0 Å². The first-order valence-electron chi connectivity index (χ1n) is 4.05. The van der Waals surface area contributed by atoms with Crippen LogP contribution in [0.3, 0.4) is 0 Å². The largest absolute Gasteiger partial charge is 0.388 e. The van der Waals surface area contributed by atoms with Crippen molar-refractivity contribution in [1.82, 2.24) is 0 Å². The summed E-state index contributed by atoms with van der Waals surface area (Å²) in [5.74, 6) is 5.48. The van der Waals surface area contributed by atoms with E-state index in [2.05, 4.69) is 5.10 Å². The number of Topliss-reactive ketones (excluding diaryl/α,β-unsaturated/α-hetero) is 1. The maximum Gasteiger partial charge on any atom is 0.162 e. The second kappa shape index (κ2) is 4.38. The predicted octanol–water partition coefficient (Wildman–Crippen LogP) is 0.471. The predicted molar refractivity (Wildman–Crippen MR) is 55.8 cm³/mol. The molecule has 0 fully saturated rings. The molecule has 4 N–H and O–H groups in total. The minimum absolute atomic E-state index is 0.0664. The Morgan fingerprint density at radius 3 is 2.71 bits per heavy atom. The summed E-state index contributed by atoms with van der Waals surface area (Å²) >= 11 is 0. The molecule has 0 aromatic heterocycles. The third-order valence-electron chi connectivity index (χ3n) is 1.72. The summed E-state index contributed by atoms with van der Waals surface area (Å²) in [6.07, 6.45) is 1.07. The van der Waals surface area contributed by atoms with Gasteiger partial charge in [-0.25, -0.2) is 5.84 Å². The zero-order chi connectivity index (χ0) is 10.6. The third-order valence-corrected chi connectivity index (χ3v) is 1.72. The van der Waals surface area contributed by atoms with Gasteiger partial charge in [0.1, 0.15) is 6.34 Å². The van der Waals surface area contributed by atoms with Crippen LogP contribution in [0.1, 0.15) is 17.3 Å². The van der Waals surface area contributed by atoms with Crippen molar-refractivity contribution in [1.29, 1.82) is 0 Å². The highest BCUT2D eigenvalue weighted by atomic mass is 16.1. The molecular weight excluding hydrogens is 180 g/mol. The van der Waals surface area contributed by atoms with Crippen LogP contribution in [0, 0.1) is 0 Å². The summed E-state index contributed by atoms with van der Waals surface area (Å²) in [6, 6.07) is 6.92. The number of nitrogens with two attached hydrogens (primary N) is 2. The molecule has 0 aliphatic rings. The zero-order valence-corrected chi connectivity index (χ0v) is 7.84. The molecule has 0 radical (unpaired) electrons. The zero-order valence-electron chi connectivity index (χ0n) is 7.84. The van der Waals surface area contributed by atoms with Gasteiger partial charge in [0.2, 0.25) is 0 Å². The summed E-state index contributed by atoms with van der Waals surface area (Å²) < 4.78 is 0.